The Balaban J connectivity index is 1.69. The number of hydrogen-bond donors (Lipinski definition) is 2. The van der Waals surface area contributed by atoms with E-state index in [0.29, 0.717) is 18.8 Å². The summed E-state index contributed by atoms with van der Waals surface area (Å²) in [5.41, 5.74) is 2.31. The minimum atomic E-state index is -0.650. The van der Waals surface area contributed by atoms with Crippen molar-refractivity contribution in [2.75, 3.05) is 11.9 Å². The number of hydrogen-bond acceptors (Lipinski definition) is 3. The zero-order valence-corrected chi connectivity index (χ0v) is 13.3. The first-order valence-electron chi connectivity index (χ1n) is 7.74. The number of aromatic amines is 1. The van der Waals surface area contributed by atoms with Crippen molar-refractivity contribution in [1.82, 2.24) is 14.9 Å². The minimum absolute atomic E-state index is 0.306. The molecule has 0 saturated heterocycles. The number of pyridine rings is 1. The fourth-order valence-electron chi connectivity index (χ4n) is 2.47. The maximum atomic E-state index is 12.4. The first kappa shape index (κ1) is 15.7. The van der Waals surface area contributed by atoms with E-state index in [2.05, 4.69) is 15.3 Å². The van der Waals surface area contributed by atoms with E-state index in [1.807, 2.05) is 49.5 Å². The molecule has 0 bridgehead atoms. The summed E-state index contributed by atoms with van der Waals surface area (Å²) in [5.74, 6) is -1.22. The van der Waals surface area contributed by atoms with Gasteiger partial charge in [0.05, 0.1) is 12.2 Å². The molecule has 0 fully saturated rings. The number of amides is 2. The standard InChI is InChI=1S/C18H18N4O2/c1-2-22(12-15-5-3-4-9-19-15)18(24)17(23)21-14-6-7-16-13(11-14)8-10-20-16/h3-11,20H,2,12H2,1H3,(H,21,23). The van der Waals surface area contributed by atoms with Crippen molar-refractivity contribution < 1.29 is 9.59 Å². The number of H-pyrrole nitrogens is 1. The topological polar surface area (TPSA) is 78.1 Å². The maximum absolute atomic E-state index is 12.4. The molecule has 3 aromatic rings. The Bertz CT molecular complexity index is 858. The molecular weight excluding hydrogens is 304 g/mol. The van der Waals surface area contributed by atoms with Gasteiger partial charge in [0.1, 0.15) is 0 Å². The van der Waals surface area contributed by atoms with Crippen LogP contribution in [0.15, 0.2) is 54.9 Å². The highest BCUT2D eigenvalue weighted by molar-refractivity contribution is 6.39. The summed E-state index contributed by atoms with van der Waals surface area (Å²) in [7, 11) is 0. The number of benzene rings is 1. The van der Waals surface area contributed by atoms with Gasteiger partial charge in [-0.2, -0.15) is 0 Å². The van der Waals surface area contributed by atoms with E-state index in [1.54, 1.807) is 12.3 Å². The zero-order valence-electron chi connectivity index (χ0n) is 13.3. The molecule has 0 atom stereocenters. The second kappa shape index (κ2) is 6.95. The normalized spacial score (nSPS) is 10.5. The number of carbonyl (C=O) groups excluding carboxylic acids is 2. The molecule has 3 rings (SSSR count). The predicted molar refractivity (Wildman–Crippen MR) is 92.3 cm³/mol. The molecule has 0 aliphatic heterocycles. The third-order valence-electron chi connectivity index (χ3n) is 3.75. The van der Waals surface area contributed by atoms with E-state index >= 15 is 0 Å². The van der Waals surface area contributed by atoms with Crippen molar-refractivity contribution in [3.8, 4) is 0 Å². The lowest BCUT2D eigenvalue weighted by Crippen LogP contribution is -2.39. The summed E-state index contributed by atoms with van der Waals surface area (Å²) in [5, 5.41) is 3.63. The average molecular weight is 322 g/mol. The smallest absolute Gasteiger partial charge is 0.313 e. The Hall–Kier alpha value is -3.15. The number of likely N-dealkylation sites (N-methyl/N-ethyl adjacent to an activating group) is 1. The first-order chi connectivity index (χ1) is 11.7. The van der Waals surface area contributed by atoms with E-state index < -0.39 is 11.8 Å². The molecule has 2 aromatic heterocycles. The van der Waals surface area contributed by atoms with Gasteiger partial charge in [-0.25, -0.2) is 0 Å². The lowest BCUT2D eigenvalue weighted by molar-refractivity contribution is -0.143. The van der Waals surface area contributed by atoms with Gasteiger partial charge in [-0.3, -0.25) is 14.6 Å². The Morgan fingerprint density at radius 3 is 2.83 bits per heavy atom. The Morgan fingerprint density at radius 2 is 2.08 bits per heavy atom. The highest BCUT2D eigenvalue weighted by Gasteiger charge is 2.21. The highest BCUT2D eigenvalue weighted by atomic mass is 16.2. The molecular formula is C18H18N4O2. The molecule has 0 unspecified atom stereocenters. The number of nitrogens with one attached hydrogen (secondary N) is 2. The van der Waals surface area contributed by atoms with Crippen molar-refractivity contribution in [1.29, 1.82) is 0 Å². The fourth-order valence-corrected chi connectivity index (χ4v) is 2.47. The molecule has 122 valence electrons. The third-order valence-corrected chi connectivity index (χ3v) is 3.75. The third kappa shape index (κ3) is 3.43. The van der Waals surface area contributed by atoms with Crippen LogP contribution >= 0.6 is 0 Å². The number of fused-ring (bicyclic) bond motifs is 1. The summed E-state index contributed by atoms with van der Waals surface area (Å²) in [6.07, 6.45) is 3.49. The molecule has 0 aliphatic carbocycles. The van der Waals surface area contributed by atoms with Crippen molar-refractivity contribution in [3.05, 3.63) is 60.6 Å². The van der Waals surface area contributed by atoms with E-state index in [0.717, 1.165) is 16.6 Å². The molecule has 2 N–H and O–H groups in total. The van der Waals surface area contributed by atoms with Gasteiger partial charge in [0.2, 0.25) is 0 Å². The van der Waals surface area contributed by atoms with Crippen LogP contribution in [0.4, 0.5) is 5.69 Å². The molecule has 6 heteroatoms. The van der Waals surface area contributed by atoms with Gasteiger partial charge < -0.3 is 15.2 Å². The Kier molecular flexibility index (Phi) is 4.56. The predicted octanol–water partition coefficient (Wildman–Crippen LogP) is 2.55. The number of nitrogens with zero attached hydrogens (tertiary/aromatic N) is 2. The molecule has 2 heterocycles. The van der Waals surface area contributed by atoms with E-state index in [-0.39, 0.29) is 0 Å². The van der Waals surface area contributed by atoms with Gasteiger partial charge in [-0.1, -0.05) is 6.07 Å². The summed E-state index contributed by atoms with van der Waals surface area (Å²) >= 11 is 0. The van der Waals surface area contributed by atoms with Gasteiger partial charge in [-0.15, -0.1) is 0 Å². The van der Waals surface area contributed by atoms with Gasteiger partial charge in [0, 0.05) is 35.5 Å². The largest absolute Gasteiger partial charge is 0.361 e. The van der Waals surface area contributed by atoms with Gasteiger partial charge >= 0.3 is 11.8 Å². The van der Waals surface area contributed by atoms with Gasteiger partial charge in [-0.05, 0) is 43.3 Å². The van der Waals surface area contributed by atoms with Gasteiger partial charge in [0.25, 0.3) is 0 Å². The molecule has 6 nitrogen and oxygen atoms in total. The maximum Gasteiger partial charge on any atom is 0.313 e. The van der Waals surface area contributed by atoms with Crippen molar-refractivity contribution in [2.45, 2.75) is 13.5 Å². The fraction of sp³-hybridized carbons (Fsp3) is 0.167. The molecule has 0 saturated carbocycles. The van der Waals surface area contributed by atoms with Crippen LogP contribution in [0.3, 0.4) is 0 Å². The van der Waals surface area contributed by atoms with Crippen LogP contribution in [-0.2, 0) is 16.1 Å². The zero-order chi connectivity index (χ0) is 16.9. The highest BCUT2D eigenvalue weighted by Crippen LogP contribution is 2.17. The quantitative estimate of drug-likeness (QED) is 0.725. The van der Waals surface area contributed by atoms with Crippen LogP contribution in [0.25, 0.3) is 10.9 Å². The SMILES string of the molecule is CCN(Cc1ccccn1)C(=O)C(=O)Nc1ccc2[nH]ccc2c1. The number of aromatic nitrogens is 2. The average Bonchev–Trinajstić information content (AvgIpc) is 3.07. The van der Waals surface area contributed by atoms with E-state index in [9.17, 15) is 9.59 Å². The van der Waals surface area contributed by atoms with E-state index in [1.165, 1.54) is 4.90 Å². The molecule has 0 aliphatic rings. The van der Waals surface area contributed by atoms with Crippen LogP contribution in [0.1, 0.15) is 12.6 Å². The second-order valence-corrected chi connectivity index (χ2v) is 5.37. The van der Waals surface area contributed by atoms with Crippen LogP contribution in [0.5, 0.6) is 0 Å². The van der Waals surface area contributed by atoms with Crippen molar-refractivity contribution in [3.63, 3.8) is 0 Å². The molecule has 0 radical (unpaired) electrons. The lowest BCUT2D eigenvalue weighted by atomic mass is 10.2. The molecule has 0 spiro atoms. The van der Waals surface area contributed by atoms with Crippen LogP contribution in [-0.4, -0.2) is 33.2 Å². The summed E-state index contributed by atoms with van der Waals surface area (Å²) < 4.78 is 0. The second-order valence-electron chi connectivity index (χ2n) is 5.37. The number of anilines is 1. The van der Waals surface area contributed by atoms with Crippen molar-refractivity contribution >= 4 is 28.4 Å². The first-order valence-corrected chi connectivity index (χ1v) is 7.74. The van der Waals surface area contributed by atoms with Crippen LogP contribution in [0, 0.1) is 0 Å². The summed E-state index contributed by atoms with van der Waals surface area (Å²) in [6, 6.07) is 12.9. The Morgan fingerprint density at radius 1 is 1.21 bits per heavy atom. The van der Waals surface area contributed by atoms with Crippen LogP contribution < -0.4 is 5.32 Å². The molecule has 24 heavy (non-hydrogen) atoms. The monoisotopic (exact) mass is 322 g/mol. The minimum Gasteiger partial charge on any atom is -0.361 e. The summed E-state index contributed by atoms with van der Waals surface area (Å²) in [4.78, 5) is 33.4. The van der Waals surface area contributed by atoms with Gasteiger partial charge in [0.15, 0.2) is 0 Å². The van der Waals surface area contributed by atoms with Crippen molar-refractivity contribution in [2.24, 2.45) is 0 Å². The van der Waals surface area contributed by atoms with Crippen LogP contribution in [0.2, 0.25) is 0 Å². The molecule has 1 aromatic carbocycles. The van der Waals surface area contributed by atoms with E-state index in [4.69, 9.17) is 0 Å². The number of rotatable bonds is 4. The number of carbonyl (C=O) groups is 2. The summed E-state index contributed by atoms with van der Waals surface area (Å²) in [6.45, 7) is 2.57. The molecule has 2 amide bonds. The Labute approximate surface area is 139 Å². The lowest BCUT2D eigenvalue weighted by Gasteiger charge is -2.19.